The van der Waals surface area contributed by atoms with Gasteiger partial charge in [0.1, 0.15) is 11.9 Å². The molecule has 0 aromatic heterocycles. The highest BCUT2D eigenvalue weighted by atomic mass is 19.1. The second-order valence-electron chi connectivity index (χ2n) is 7.65. The van der Waals surface area contributed by atoms with Crippen molar-refractivity contribution in [2.45, 2.75) is 57.4 Å². The Hall–Kier alpha value is -2.44. The molecule has 1 aromatic rings. The number of amides is 1. The summed E-state index contributed by atoms with van der Waals surface area (Å²) in [4.78, 5) is 36.9. The maximum absolute atomic E-state index is 13.3. The van der Waals surface area contributed by atoms with Crippen LogP contribution in [0.4, 0.5) is 4.39 Å². The zero-order valence-electron chi connectivity index (χ0n) is 16.6. The second kappa shape index (κ2) is 9.66. The molecule has 1 saturated carbocycles. The smallest absolute Gasteiger partial charge is 0.328 e. The fraction of sp³-hybridized carbons (Fsp3) is 0.571. The quantitative estimate of drug-likeness (QED) is 0.687. The zero-order chi connectivity index (χ0) is 20.7. The van der Waals surface area contributed by atoms with Crippen molar-refractivity contribution >= 4 is 17.8 Å². The lowest BCUT2D eigenvalue weighted by atomic mass is 9.79. The van der Waals surface area contributed by atoms with E-state index >= 15 is 0 Å². The number of hydrogen-bond acceptors (Lipinski definition) is 5. The van der Waals surface area contributed by atoms with E-state index in [0.29, 0.717) is 24.8 Å². The van der Waals surface area contributed by atoms with E-state index in [9.17, 15) is 18.8 Å². The molecule has 0 spiro atoms. The Morgan fingerprint density at radius 3 is 2.29 bits per heavy atom. The first-order valence-electron chi connectivity index (χ1n) is 9.59. The van der Waals surface area contributed by atoms with E-state index < -0.39 is 35.9 Å². The number of carbonyl (C=O) groups is 3. The molecule has 1 unspecified atom stereocenters. The molecule has 6 nitrogen and oxygen atoms in total. The Balaban J connectivity index is 2.01. The molecule has 0 saturated heterocycles. The lowest BCUT2D eigenvalue weighted by Crippen LogP contribution is -2.45. The van der Waals surface area contributed by atoms with E-state index in [-0.39, 0.29) is 11.7 Å². The van der Waals surface area contributed by atoms with E-state index in [1.165, 1.54) is 19.2 Å². The van der Waals surface area contributed by atoms with Gasteiger partial charge in [0.25, 0.3) is 5.91 Å². The molecular formula is C21H28FNO5. The number of hydrogen-bond donors (Lipinski definition) is 1. The minimum atomic E-state index is -0.854. The highest BCUT2D eigenvalue weighted by Gasteiger charge is 2.44. The van der Waals surface area contributed by atoms with Gasteiger partial charge in [-0.15, -0.1) is 0 Å². The van der Waals surface area contributed by atoms with Crippen LogP contribution in [-0.4, -0.2) is 37.6 Å². The van der Waals surface area contributed by atoms with Gasteiger partial charge in [0.2, 0.25) is 0 Å². The normalized spacial score (nSPS) is 16.5. The van der Waals surface area contributed by atoms with Crippen molar-refractivity contribution in [3.05, 3.63) is 35.6 Å². The van der Waals surface area contributed by atoms with Gasteiger partial charge in [0.15, 0.2) is 6.61 Å². The van der Waals surface area contributed by atoms with Crippen molar-refractivity contribution in [2.24, 2.45) is 5.92 Å². The van der Waals surface area contributed by atoms with Crippen LogP contribution in [0.2, 0.25) is 0 Å². The van der Waals surface area contributed by atoms with Crippen molar-refractivity contribution < 1.29 is 28.2 Å². The van der Waals surface area contributed by atoms with Gasteiger partial charge in [0, 0.05) is 0 Å². The molecule has 1 amide bonds. The number of rotatable bonds is 8. The van der Waals surface area contributed by atoms with Crippen molar-refractivity contribution in [1.82, 2.24) is 5.32 Å². The Morgan fingerprint density at radius 1 is 1.14 bits per heavy atom. The Kier molecular flexibility index (Phi) is 7.54. The number of carbonyl (C=O) groups excluding carboxylic acids is 3. The Bertz CT molecular complexity index is 695. The molecule has 0 bridgehead atoms. The molecule has 2 rings (SSSR count). The van der Waals surface area contributed by atoms with Crippen molar-refractivity contribution in [2.75, 3.05) is 13.7 Å². The van der Waals surface area contributed by atoms with E-state index in [1.54, 1.807) is 12.1 Å². The maximum Gasteiger partial charge on any atom is 0.328 e. The van der Waals surface area contributed by atoms with Gasteiger partial charge in [-0.3, -0.25) is 9.59 Å². The number of benzene rings is 1. The van der Waals surface area contributed by atoms with E-state index in [4.69, 9.17) is 9.47 Å². The topological polar surface area (TPSA) is 81.7 Å². The van der Waals surface area contributed by atoms with Crippen molar-refractivity contribution in [3.63, 3.8) is 0 Å². The van der Waals surface area contributed by atoms with Gasteiger partial charge in [-0.1, -0.05) is 38.8 Å². The molecule has 1 N–H and O–H groups in total. The molecule has 0 radical (unpaired) electrons. The average Bonchev–Trinajstić information content (AvgIpc) is 3.16. The van der Waals surface area contributed by atoms with Gasteiger partial charge >= 0.3 is 11.9 Å². The van der Waals surface area contributed by atoms with Crippen molar-refractivity contribution in [1.29, 1.82) is 0 Å². The highest BCUT2D eigenvalue weighted by molar-refractivity contribution is 5.88. The van der Waals surface area contributed by atoms with E-state index in [1.807, 2.05) is 13.8 Å². The molecule has 1 aliphatic carbocycles. The molecule has 1 aliphatic rings. The Labute approximate surface area is 164 Å². The lowest BCUT2D eigenvalue weighted by molar-refractivity contribution is -0.155. The van der Waals surface area contributed by atoms with Gasteiger partial charge in [-0.25, -0.2) is 9.18 Å². The van der Waals surface area contributed by atoms with Crippen LogP contribution in [0, 0.1) is 11.7 Å². The van der Waals surface area contributed by atoms with Crippen LogP contribution in [0.5, 0.6) is 0 Å². The van der Waals surface area contributed by atoms with Crippen LogP contribution in [0.25, 0.3) is 0 Å². The van der Waals surface area contributed by atoms with Crippen molar-refractivity contribution in [3.8, 4) is 0 Å². The predicted molar refractivity (Wildman–Crippen MR) is 101 cm³/mol. The summed E-state index contributed by atoms with van der Waals surface area (Å²) < 4.78 is 23.3. The summed E-state index contributed by atoms with van der Waals surface area (Å²) in [6, 6.07) is 5.05. The van der Waals surface area contributed by atoms with Crippen LogP contribution in [0.1, 0.15) is 51.5 Å². The Morgan fingerprint density at radius 2 is 1.75 bits per heavy atom. The predicted octanol–water partition coefficient (Wildman–Crippen LogP) is 2.88. The molecule has 154 valence electrons. The number of nitrogens with one attached hydrogen (secondary N) is 1. The third-order valence-corrected chi connectivity index (χ3v) is 5.11. The van der Waals surface area contributed by atoms with E-state index in [0.717, 1.165) is 12.8 Å². The third-order valence-electron chi connectivity index (χ3n) is 5.11. The van der Waals surface area contributed by atoms with Gasteiger partial charge in [-0.2, -0.15) is 0 Å². The molecule has 28 heavy (non-hydrogen) atoms. The summed E-state index contributed by atoms with van der Waals surface area (Å²) in [5.74, 6) is -1.79. The number of esters is 2. The standard InChI is InChI=1S/C21H28FNO5/c1-14(2)12-17(19(25)27-3)23-18(24)13-28-20(26)21(10-4-5-11-21)15-6-8-16(22)9-7-15/h6-9,14,17H,4-5,10-13H2,1-3H3,(H,23,24). The first kappa shape index (κ1) is 21.9. The zero-order valence-corrected chi connectivity index (χ0v) is 16.6. The summed E-state index contributed by atoms with van der Waals surface area (Å²) in [5.41, 5.74) is -0.155. The summed E-state index contributed by atoms with van der Waals surface area (Å²) in [6.45, 7) is 3.37. The molecule has 0 heterocycles. The van der Waals surface area contributed by atoms with Crippen LogP contribution in [0.15, 0.2) is 24.3 Å². The minimum absolute atomic E-state index is 0.173. The summed E-state index contributed by atoms with van der Waals surface area (Å²) >= 11 is 0. The fourth-order valence-electron chi connectivity index (χ4n) is 3.69. The maximum atomic E-state index is 13.3. The second-order valence-corrected chi connectivity index (χ2v) is 7.65. The average molecular weight is 393 g/mol. The number of halogens is 1. The highest BCUT2D eigenvalue weighted by Crippen LogP contribution is 2.42. The summed E-state index contributed by atoms with van der Waals surface area (Å²) in [7, 11) is 1.26. The third kappa shape index (κ3) is 5.30. The van der Waals surface area contributed by atoms with Crippen LogP contribution < -0.4 is 5.32 Å². The largest absolute Gasteiger partial charge is 0.467 e. The molecule has 1 atom stereocenters. The molecule has 1 fully saturated rings. The fourth-order valence-corrected chi connectivity index (χ4v) is 3.69. The molecule has 0 aliphatic heterocycles. The van der Waals surface area contributed by atoms with Crippen LogP contribution >= 0.6 is 0 Å². The first-order valence-corrected chi connectivity index (χ1v) is 9.59. The van der Waals surface area contributed by atoms with Gasteiger partial charge < -0.3 is 14.8 Å². The number of methoxy groups -OCH3 is 1. The molecule has 7 heteroatoms. The summed E-state index contributed by atoms with van der Waals surface area (Å²) in [6.07, 6.45) is 3.33. The monoisotopic (exact) mass is 393 g/mol. The van der Waals surface area contributed by atoms with Crippen LogP contribution in [0.3, 0.4) is 0 Å². The first-order chi connectivity index (χ1) is 13.3. The molecule has 1 aromatic carbocycles. The lowest BCUT2D eigenvalue weighted by Gasteiger charge is -2.27. The van der Waals surface area contributed by atoms with E-state index in [2.05, 4.69) is 5.32 Å². The van der Waals surface area contributed by atoms with Gasteiger partial charge in [0.05, 0.1) is 12.5 Å². The summed E-state index contributed by atoms with van der Waals surface area (Å²) in [5, 5.41) is 2.56. The number of ether oxygens (including phenoxy) is 2. The SMILES string of the molecule is COC(=O)C(CC(C)C)NC(=O)COC(=O)C1(c2ccc(F)cc2)CCCC1. The van der Waals surface area contributed by atoms with Crippen LogP contribution in [-0.2, 0) is 29.3 Å². The molecular weight excluding hydrogens is 365 g/mol. The van der Waals surface area contributed by atoms with Gasteiger partial charge in [-0.05, 0) is 42.9 Å². The minimum Gasteiger partial charge on any atom is -0.467 e.